The number of hydrogen-bond acceptors (Lipinski definition) is 4. The van der Waals surface area contributed by atoms with Gasteiger partial charge in [-0.1, -0.05) is 6.07 Å². The Morgan fingerprint density at radius 2 is 2.10 bits per heavy atom. The van der Waals surface area contributed by atoms with Crippen LogP contribution in [-0.4, -0.2) is 49.7 Å². The van der Waals surface area contributed by atoms with E-state index in [1.807, 2.05) is 0 Å². The van der Waals surface area contributed by atoms with Gasteiger partial charge in [0.1, 0.15) is 11.9 Å². The van der Waals surface area contributed by atoms with E-state index in [0.717, 1.165) is 6.07 Å². The van der Waals surface area contributed by atoms with Crippen LogP contribution >= 0.6 is 0 Å². The van der Waals surface area contributed by atoms with Gasteiger partial charge < -0.3 is 14.4 Å². The monoisotopic (exact) mass is 281 g/mol. The molecule has 20 heavy (non-hydrogen) atoms. The van der Waals surface area contributed by atoms with Gasteiger partial charge in [-0.15, -0.1) is 0 Å². The second-order valence-corrected chi connectivity index (χ2v) is 4.60. The topological polar surface area (TPSA) is 55.8 Å². The van der Waals surface area contributed by atoms with E-state index in [1.165, 1.54) is 37.3 Å². The van der Waals surface area contributed by atoms with Crippen molar-refractivity contribution in [1.29, 1.82) is 0 Å². The molecule has 0 aromatic heterocycles. The highest BCUT2D eigenvalue weighted by Crippen LogP contribution is 2.23. The summed E-state index contributed by atoms with van der Waals surface area (Å²) in [6.45, 7) is 0.283. The summed E-state index contributed by atoms with van der Waals surface area (Å²) in [7, 11) is 2.79. The summed E-state index contributed by atoms with van der Waals surface area (Å²) in [5, 5.41) is 0. The molecule has 0 bridgehead atoms. The number of rotatable bonds is 3. The first kappa shape index (κ1) is 14.5. The number of ether oxygens (including phenoxy) is 2. The zero-order valence-electron chi connectivity index (χ0n) is 11.3. The van der Waals surface area contributed by atoms with E-state index in [1.54, 1.807) is 0 Å². The van der Waals surface area contributed by atoms with Crippen molar-refractivity contribution in [2.45, 2.75) is 18.6 Å². The molecule has 0 unspecified atom stereocenters. The molecular weight excluding hydrogens is 265 g/mol. The zero-order valence-corrected chi connectivity index (χ0v) is 11.3. The molecule has 108 valence electrons. The third kappa shape index (κ3) is 2.80. The van der Waals surface area contributed by atoms with E-state index >= 15 is 0 Å². The Balaban J connectivity index is 2.24. The normalized spacial score (nSPS) is 21.9. The lowest BCUT2D eigenvalue weighted by atomic mass is 10.1. The van der Waals surface area contributed by atoms with Crippen LogP contribution in [0.15, 0.2) is 24.3 Å². The first-order valence-corrected chi connectivity index (χ1v) is 6.24. The van der Waals surface area contributed by atoms with Crippen molar-refractivity contribution in [3.05, 3.63) is 35.6 Å². The summed E-state index contributed by atoms with van der Waals surface area (Å²) >= 11 is 0. The molecule has 1 aromatic carbocycles. The van der Waals surface area contributed by atoms with E-state index in [4.69, 9.17) is 9.47 Å². The first-order chi connectivity index (χ1) is 9.56. The second-order valence-electron chi connectivity index (χ2n) is 4.60. The van der Waals surface area contributed by atoms with Crippen LogP contribution in [0.4, 0.5) is 4.39 Å². The van der Waals surface area contributed by atoms with Crippen molar-refractivity contribution in [2.75, 3.05) is 20.8 Å². The summed E-state index contributed by atoms with van der Waals surface area (Å²) < 4.78 is 23.1. The molecule has 6 heteroatoms. The standard InChI is InChI=1S/C14H16FNO4/c1-19-11-7-12(14(18)20-2)16(8-11)13(17)9-4-3-5-10(15)6-9/h3-6,11-12H,7-8H2,1-2H3/t11-,12+/m1/s1. The third-order valence-electron chi connectivity index (χ3n) is 3.40. The summed E-state index contributed by atoms with van der Waals surface area (Å²) in [4.78, 5) is 25.5. The largest absolute Gasteiger partial charge is 0.467 e. The lowest BCUT2D eigenvalue weighted by molar-refractivity contribution is -0.145. The molecule has 1 aliphatic rings. The minimum atomic E-state index is -0.694. The number of hydrogen-bond donors (Lipinski definition) is 0. The van der Waals surface area contributed by atoms with Crippen LogP contribution in [0.5, 0.6) is 0 Å². The van der Waals surface area contributed by atoms with Crippen molar-refractivity contribution in [3.8, 4) is 0 Å². The van der Waals surface area contributed by atoms with Crippen molar-refractivity contribution in [1.82, 2.24) is 4.90 Å². The third-order valence-corrected chi connectivity index (χ3v) is 3.40. The highest BCUT2D eigenvalue weighted by Gasteiger charge is 2.40. The molecule has 1 aromatic rings. The predicted octanol–water partition coefficient (Wildman–Crippen LogP) is 1.23. The minimum absolute atomic E-state index is 0.204. The summed E-state index contributed by atoms with van der Waals surface area (Å²) in [5.74, 6) is -1.39. The van der Waals surface area contributed by atoms with Gasteiger partial charge in [0.15, 0.2) is 0 Å². The average molecular weight is 281 g/mol. The van der Waals surface area contributed by atoms with Crippen LogP contribution in [0.2, 0.25) is 0 Å². The zero-order chi connectivity index (χ0) is 14.7. The molecule has 1 saturated heterocycles. The second kappa shape index (κ2) is 6.00. The number of carbonyl (C=O) groups excluding carboxylic acids is 2. The number of methoxy groups -OCH3 is 2. The molecule has 1 aliphatic heterocycles. The SMILES string of the molecule is COC(=O)[C@@H]1C[C@@H](OC)CN1C(=O)c1cccc(F)c1. The van der Waals surface area contributed by atoms with Crippen LogP contribution in [0, 0.1) is 5.82 Å². The smallest absolute Gasteiger partial charge is 0.328 e. The van der Waals surface area contributed by atoms with E-state index in [9.17, 15) is 14.0 Å². The van der Waals surface area contributed by atoms with E-state index in [0.29, 0.717) is 6.42 Å². The predicted molar refractivity (Wildman–Crippen MR) is 68.7 cm³/mol. The molecule has 1 amide bonds. The van der Waals surface area contributed by atoms with Crippen molar-refractivity contribution in [3.63, 3.8) is 0 Å². The summed E-state index contributed by atoms with van der Waals surface area (Å²) in [5.41, 5.74) is 0.204. The number of likely N-dealkylation sites (tertiary alicyclic amines) is 1. The minimum Gasteiger partial charge on any atom is -0.467 e. The van der Waals surface area contributed by atoms with Gasteiger partial charge in [0.05, 0.1) is 13.2 Å². The van der Waals surface area contributed by atoms with Crippen molar-refractivity contribution >= 4 is 11.9 Å². The van der Waals surface area contributed by atoms with Gasteiger partial charge >= 0.3 is 5.97 Å². The fourth-order valence-corrected chi connectivity index (χ4v) is 2.34. The quantitative estimate of drug-likeness (QED) is 0.782. The molecule has 5 nitrogen and oxygen atoms in total. The maximum absolute atomic E-state index is 13.2. The number of carbonyl (C=O) groups is 2. The van der Waals surface area contributed by atoms with E-state index < -0.39 is 23.7 Å². The number of halogens is 1. The fraction of sp³-hybridized carbons (Fsp3) is 0.429. The number of benzene rings is 1. The van der Waals surface area contributed by atoms with Gasteiger partial charge in [-0.05, 0) is 18.2 Å². The molecule has 0 radical (unpaired) electrons. The Kier molecular flexibility index (Phi) is 4.34. The lowest BCUT2D eigenvalue weighted by Crippen LogP contribution is -2.41. The maximum Gasteiger partial charge on any atom is 0.328 e. The molecule has 2 rings (SSSR count). The Morgan fingerprint density at radius 1 is 1.35 bits per heavy atom. The highest BCUT2D eigenvalue weighted by atomic mass is 19.1. The molecule has 1 heterocycles. The molecule has 1 fully saturated rings. The lowest BCUT2D eigenvalue weighted by Gasteiger charge is -2.22. The van der Waals surface area contributed by atoms with Crippen molar-refractivity contribution in [2.24, 2.45) is 0 Å². The Morgan fingerprint density at radius 3 is 2.70 bits per heavy atom. The van der Waals surface area contributed by atoms with Gasteiger partial charge in [-0.2, -0.15) is 0 Å². The number of amides is 1. The van der Waals surface area contributed by atoms with E-state index in [2.05, 4.69) is 0 Å². The van der Waals surface area contributed by atoms with Gasteiger partial charge in [0.2, 0.25) is 0 Å². The molecule has 0 aliphatic carbocycles. The summed E-state index contributed by atoms with van der Waals surface area (Å²) in [6.07, 6.45) is 0.154. The van der Waals surface area contributed by atoms with Crippen LogP contribution in [0.3, 0.4) is 0 Å². The van der Waals surface area contributed by atoms with Crippen LogP contribution < -0.4 is 0 Å². The average Bonchev–Trinajstić information content (AvgIpc) is 2.90. The van der Waals surface area contributed by atoms with Gasteiger partial charge in [-0.3, -0.25) is 4.79 Å². The molecule has 0 saturated carbocycles. The molecule has 0 spiro atoms. The highest BCUT2D eigenvalue weighted by molar-refractivity contribution is 5.97. The first-order valence-electron chi connectivity index (χ1n) is 6.24. The Bertz CT molecular complexity index is 520. The number of esters is 1. The van der Waals surface area contributed by atoms with Gasteiger partial charge in [0, 0.05) is 25.6 Å². The fourth-order valence-electron chi connectivity index (χ4n) is 2.34. The van der Waals surface area contributed by atoms with Crippen LogP contribution in [-0.2, 0) is 14.3 Å². The maximum atomic E-state index is 13.2. The molecular formula is C14H16FNO4. The van der Waals surface area contributed by atoms with Gasteiger partial charge in [0.25, 0.3) is 5.91 Å². The van der Waals surface area contributed by atoms with Crippen LogP contribution in [0.1, 0.15) is 16.8 Å². The number of nitrogens with zero attached hydrogens (tertiary/aromatic N) is 1. The summed E-state index contributed by atoms with van der Waals surface area (Å²) in [6, 6.07) is 4.69. The van der Waals surface area contributed by atoms with Crippen molar-refractivity contribution < 1.29 is 23.5 Å². The molecule has 2 atom stereocenters. The van der Waals surface area contributed by atoms with Gasteiger partial charge in [-0.25, -0.2) is 9.18 Å². The Labute approximate surface area is 116 Å². The van der Waals surface area contributed by atoms with Crippen LogP contribution in [0.25, 0.3) is 0 Å². The Hall–Kier alpha value is -1.95. The van der Waals surface area contributed by atoms with E-state index in [-0.39, 0.29) is 18.2 Å². The molecule has 0 N–H and O–H groups in total.